The Kier molecular flexibility index (Phi) is 4.24. The summed E-state index contributed by atoms with van der Waals surface area (Å²) in [5.41, 5.74) is 0.350. The zero-order valence-electron chi connectivity index (χ0n) is 11.0. The number of carbonyl (C=O) groups is 2. The van der Waals surface area contributed by atoms with Gasteiger partial charge in [0.15, 0.2) is 5.78 Å². The fourth-order valence-corrected chi connectivity index (χ4v) is 2.59. The van der Waals surface area contributed by atoms with E-state index in [0.717, 1.165) is 12.8 Å². The van der Waals surface area contributed by atoms with Gasteiger partial charge in [0, 0.05) is 23.5 Å². The number of benzene rings is 1. The zero-order valence-corrected chi connectivity index (χ0v) is 11.8. The smallest absolute Gasteiger partial charge is 0.232 e. The van der Waals surface area contributed by atoms with E-state index >= 15 is 0 Å². The molecule has 1 fully saturated rings. The van der Waals surface area contributed by atoms with Gasteiger partial charge in [-0.05, 0) is 31.9 Å². The summed E-state index contributed by atoms with van der Waals surface area (Å²) in [4.78, 5) is 25.1. The minimum Gasteiger partial charge on any atom is -0.342 e. The number of Topliss-reactive ketones (excluding diaryl/α,β-unsaturated/α-hetero) is 1. The topological polar surface area (TPSA) is 37.4 Å². The molecule has 1 aliphatic carbocycles. The van der Waals surface area contributed by atoms with Crippen molar-refractivity contribution in [2.45, 2.75) is 30.7 Å². The van der Waals surface area contributed by atoms with E-state index in [1.54, 1.807) is 24.1 Å². The first kappa shape index (κ1) is 14.1. The first-order valence-corrected chi connectivity index (χ1v) is 7.16. The fourth-order valence-electron chi connectivity index (χ4n) is 1.74. The Morgan fingerprint density at radius 2 is 2.11 bits per heavy atom. The first-order chi connectivity index (χ1) is 8.99. The highest BCUT2D eigenvalue weighted by Gasteiger charge is 2.29. The first-order valence-electron chi connectivity index (χ1n) is 6.18. The van der Waals surface area contributed by atoms with Crippen molar-refractivity contribution in [2.75, 3.05) is 12.8 Å². The molecule has 1 aromatic carbocycles. The fraction of sp³-hybridized carbons (Fsp3) is 0.429. The van der Waals surface area contributed by atoms with Crippen LogP contribution in [0.2, 0.25) is 0 Å². The van der Waals surface area contributed by atoms with Gasteiger partial charge in [-0.25, -0.2) is 4.39 Å². The molecule has 0 spiro atoms. The number of rotatable bonds is 5. The molecule has 0 unspecified atom stereocenters. The molecule has 0 aliphatic heterocycles. The van der Waals surface area contributed by atoms with Gasteiger partial charge in [-0.3, -0.25) is 9.59 Å². The van der Waals surface area contributed by atoms with Crippen molar-refractivity contribution < 1.29 is 14.0 Å². The SMILES string of the molecule is CC(=O)c1ccc(SCC(=O)N(C)C2CC2)c(F)c1. The molecule has 0 N–H and O–H groups in total. The Hall–Kier alpha value is -1.36. The average molecular weight is 281 g/mol. The number of halogens is 1. The van der Waals surface area contributed by atoms with Gasteiger partial charge in [-0.15, -0.1) is 11.8 Å². The normalized spacial score (nSPS) is 14.3. The van der Waals surface area contributed by atoms with Crippen LogP contribution in [0.5, 0.6) is 0 Å². The van der Waals surface area contributed by atoms with Crippen molar-refractivity contribution in [2.24, 2.45) is 0 Å². The summed E-state index contributed by atoms with van der Waals surface area (Å²) in [5.74, 6) is -0.370. The van der Waals surface area contributed by atoms with Crippen molar-refractivity contribution in [3.63, 3.8) is 0 Å². The molecule has 0 aromatic heterocycles. The summed E-state index contributed by atoms with van der Waals surface area (Å²) in [7, 11) is 1.79. The number of hydrogen-bond donors (Lipinski definition) is 0. The molecule has 1 amide bonds. The molecule has 1 aromatic rings. The van der Waals surface area contributed by atoms with Crippen LogP contribution in [0.4, 0.5) is 4.39 Å². The molecule has 1 saturated carbocycles. The third-order valence-corrected chi connectivity index (χ3v) is 4.21. The Labute approximate surface area is 116 Å². The lowest BCUT2D eigenvalue weighted by Gasteiger charge is -2.15. The van der Waals surface area contributed by atoms with Crippen LogP contribution in [0.15, 0.2) is 23.1 Å². The van der Waals surface area contributed by atoms with Gasteiger partial charge in [0.1, 0.15) is 5.82 Å². The van der Waals surface area contributed by atoms with Gasteiger partial charge in [0.25, 0.3) is 0 Å². The van der Waals surface area contributed by atoms with Crippen LogP contribution >= 0.6 is 11.8 Å². The van der Waals surface area contributed by atoms with Crippen LogP contribution in [0.1, 0.15) is 30.1 Å². The van der Waals surface area contributed by atoms with Crippen molar-refractivity contribution in [1.29, 1.82) is 0 Å². The number of ketones is 1. The predicted molar refractivity (Wildman–Crippen MR) is 72.9 cm³/mol. The Morgan fingerprint density at radius 3 is 2.63 bits per heavy atom. The van der Waals surface area contributed by atoms with E-state index in [2.05, 4.69) is 0 Å². The molecule has 0 saturated heterocycles. The molecule has 0 atom stereocenters. The molecular weight excluding hydrogens is 265 g/mol. The van der Waals surface area contributed by atoms with Crippen LogP contribution in [0.25, 0.3) is 0 Å². The lowest BCUT2D eigenvalue weighted by molar-refractivity contribution is -0.127. The molecule has 1 aliphatic rings. The van der Waals surface area contributed by atoms with Gasteiger partial charge in [0.2, 0.25) is 5.91 Å². The Bertz CT molecular complexity index is 514. The Morgan fingerprint density at radius 1 is 1.42 bits per heavy atom. The second-order valence-electron chi connectivity index (χ2n) is 4.73. The lowest BCUT2D eigenvalue weighted by atomic mass is 10.1. The van der Waals surface area contributed by atoms with Gasteiger partial charge in [-0.1, -0.05) is 6.07 Å². The van der Waals surface area contributed by atoms with E-state index in [4.69, 9.17) is 0 Å². The van der Waals surface area contributed by atoms with E-state index in [1.807, 2.05) is 0 Å². The minimum atomic E-state index is -0.445. The van der Waals surface area contributed by atoms with E-state index in [0.29, 0.717) is 16.5 Å². The number of thioether (sulfide) groups is 1. The standard InChI is InChI=1S/C14H16FNO2S/c1-9(17)10-3-6-13(12(15)7-10)19-8-14(18)16(2)11-4-5-11/h3,6-7,11H,4-5,8H2,1-2H3. The number of amides is 1. The van der Waals surface area contributed by atoms with E-state index in [1.165, 1.54) is 24.8 Å². The maximum absolute atomic E-state index is 13.7. The summed E-state index contributed by atoms with van der Waals surface area (Å²) in [6, 6.07) is 4.74. The van der Waals surface area contributed by atoms with Crippen molar-refractivity contribution in [3.8, 4) is 0 Å². The summed E-state index contributed by atoms with van der Waals surface area (Å²) >= 11 is 1.17. The maximum Gasteiger partial charge on any atom is 0.232 e. The highest BCUT2D eigenvalue weighted by molar-refractivity contribution is 8.00. The molecule has 102 valence electrons. The van der Waals surface area contributed by atoms with Crippen molar-refractivity contribution in [3.05, 3.63) is 29.6 Å². The van der Waals surface area contributed by atoms with Crippen LogP contribution < -0.4 is 0 Å². The van der Waals surface area contributed by atoms with Gasteiger partial charge < -0.3 is 4.90 Å². The van der Waals surface area contributed by atoms with Crippen LogP contribution in [-0.4, -0.2) is 35.4 Å². The molecule has 0 radical (unpaired) electrons. The number of carbonyl (C=O) groups excluding carboxylic acids is 2. The average Bonchev–Trinajstić information content (AvgIpc) is 3.20. The molecule has 3 nitrogen and oxygen atoms in total. The van der Waals surface area contributed by atoms with E-state index in [9.17, 15) is 14.0 Å². The molecular formula is C14H16FNO2S. The maximum atomic E-state index is 13.7. The molecule has 5 heteroatoms. The second kappa shape index (κ2) is 5.74. The van der Waals surface area contributed by atoms with Crippen LogP contribution in [-0.2, 0) is 4.79 Å². The molecule has 0 heterocycles. The summed E-state index contributed by atoms with van der Waals surface area (Å²) in [6.07, 6.45) is 2.13. The van der Waals surface area contributed by atoms with Gasteiger partial charge in [-0.2, -0.15) is 0 Å². The highest BCUT2D eigenvalue weighted by Crippen LogP contribution is 2.28. The minimum absolute atomic E-state index is 0.0162. The predicted octanol–water partition coefficient (Wildman–Crippen LogP) is 2.74. The quantitative estimate of drug-likeness (QED) is 0.615. The molecule has 19 heavy (non-hydrogen) atoms. The zero-order chi connectivity index (χ0) is 14.0. The second-order valence-corrected chi connectivity index (χ2v) is 5.74. The molecule has 0 bridgehead atoms. The summed E-state index contributed by atoms with van der Waals surface area (Å²) in [6.45, 7) is 1.40. The van der Waals surface area contributed by atoms with E-state index < -0.39 is 5.82 Å². The van der Waals surface area contributed by atoms with E-state index in [-0.39, 0.29) is 17.4 Å². The number of nitrogens with zero attached hydrogens (tertiary/aromatic N) is 1. The molecule has 2 rings (SSSR count). The monoisotopic (exact) mass is 281 g/mol. The van der Waals surface area contributed by atoms with Crippen LogP contribution in [0, 0.1) is 5.82 Å². The highest BCUT2D eigenvalue weighted by atomic mass is 32.2. The van der Waals surface area contributed by atoms with Gasteiger partial charge >= 0.3 is 0 Å². The lowest BCUT2D eigenvalue weighted by Crippen LogP contribution is -2.30. The van der Waals surface area contributed by atoms with Crippen molar-refractivity contribution >= 4 is 23.5 Å². The third kappa shape index (κ3) is 3.56. The third-order valence-electron chi connectivity index (χ3n) is 3.18. The Balaban J connectivity index is 1.95. The van der Waals surface area contributed by atoms with Gasteiger partial charge in [0.05, 0.1) is 5.75 Å². The number of hydrogen-bond acceptors (Lipinski definition) is 3. The summed E-state index contributed by atoms with van der Waals surface area (Å²) in [5, 5.41) is 0. The van der Waals surface area contributed by atoms with Crippen molar-refractivity contribution in [1.82, 2.24) is 4.90 Å². The summed E-state index contributed by atoms with van der Waals surface area (Å²) < 4.78 is 13.7. The van der Waals surface area contributed by atoms with Crippen LogP contribution in [0.3, 0.4) is 0 Å². The largest absolute Gasteiger partial charge is 0.342 e.